The molecule has 3 aromatic rings. The van der Waals surface area contributed by atoms with Gasteiger partial charge in [-0.15, -0.1) is 0 Å². The number of hydrogen-bond acceptors (Lipinski definition) is 12. The van der Waals surface area contributed by atoms with Gasteiger partial charge in [-0.1, -0.05) is 0 Å². The lowest BCUT2D eigenvalue weighted by atomic mass is 9.97. The fourth-order valence-electron chi connectivity index (χ4n) is 4.83. The highest BCUT2D eigenvalue weighted by Gasteiger charge is 2.34. The van der Waals surface area contributed by atoms with E-state index < -0.39 is 12.4 Å². The van der Waals surface area contributed by atoms with Crippen molar-refractivity contribution in [2.75, 3.05) is 54.2 Å². The highest BCUT2D eigenvalue weighted by molar-refractivity contribution is 5.78. The largest absolute Gasteiger partial charge is 0.487 e. The minimum absolute atomic E-state index is 0.151. The molecule has 12 heteroatoms. The molecule has 0 radical (unpaired) electrons. The number of benzene rings is 3. The van der Waals surface area contributed by atoms with Crippen molar-refractivity contribution in [1.29, 1.82) is 0 Å². The summed E-state index contributed by atoms with van der Waals surface area (Å²) in [5, 5.41) is 0. The predicted octanol–water partition coefficient (Wildman–Crippen LogP) is 2.36. The quantitative estimate of drug-likeness (QED) is 0.275. The minimum Gasteiger partial charge on any atom is -0.487 e. The van der Waals surface area contributed by atoms with Gasteiger partial charge in [0.1, 0.15) is 6.61 Å². The van der Waals surface area contributed by atoms with E-state index in [9.17, 15) is 0 Å². The van der Waals surface area contributed by atoms with Gasteiger partial charge in [0, 0.05) is 12.5 Å². The molecule has 194 valence electrons. The molecule has 0 fully saturated rings. The number of anilines is 6. The fourth-order valence-corrected chi connectivity index (χ4v) is 4.83. The molecule has 0 bridgehead atoms. The van der Waals surface area contributed by atoms with Gasteiger partial charge >= 0.3 is 0 Å². The summed E-state index contributed by atoms with van der Waals surface area (Å²) in [6.45, 7) is 2.34. The van der Waals surface area contributed by atoms with Gasteiger partial charge < -0.3 is 62.8 Å². The molecule has 0 saturated heterocycles. The first-order valence-corrected chi connectivity index (χ1v) is 11.7. The van der Waals surface area contributed by atoms with Crippen molar-refractivity contribution < 1.29 is 28.4 Å². The van der Waals surface area contributed by atoms with Crippen molar-refractivity contribution in [1.82, 2.24) is 0 Å². The number of fused-ring (bicyclic) bond motifs is 3. The fraction of sp³-hybridized carbons (Fsp3) is 0.280. The average Bonchev–Trinajstić information content (AvgIpc) is 3.14. The molecule has 37 heavy (non-hydrogen) atoms. The molecule has 3 aliphatic heterocycles. The van der Waals surface area contributed by atoms with E-state index in [4.69, 9.17) is 62.8 Å². The Morgan fingerprint density at radius 2 is 1.08 bits per heavy atom. The van der Waals surface area contributed by atoms with Crippen molar-refractivity contribution in [2.24, 2.45) is 0 Å². The summed E-state index contributed by atoms with van der Waals surface area (Å²) < 4.78 is 35.6. The Labute approximate surface area is 212 Å². The summed E-state index contributed by atoms with van der Waals surface area (Å²) in [6, 6.07) is 6.76. The van der Waals surface area contributed by atoms with E-state index in [-0.39, 0.29) is 25.7 Å². The Kier molecular flexibility index (Phi) is 5.00. The van der Waals surface area contributed by atoms with Crippen molar-refractivity contribution >= 4 is 34.1 Å². The Morgan fingerprint density at radius 1 is 0.568 bits per heavy atom. The Morgan fingerprint density at radius 3 is 1.84 bits per heavy atom. The first-order chi connectivity index (χ1) is 17.7. The van der Waals surface area contributed by atoms with Crippen LogP contribution in [0.1, 0.15) is 30.1 Å². The molecule has 12 nitrogen and oxygen atoms in total. The Balaban J connectivity index is 1.31. The highest BCUT2D eigenvalue weighted by atomic mass is 16.7. The molecule has 3 aliphatic rings. The van der Waals surface area contributed by atoms with Crippen LogP contribution in [0.2, 0.25) is 0 Å². The second-order valence-electron chi connectivity index (χ2n) is 9.20. The lowest BCUT2D eigenvalue weighted by Crippen LogP contribution is -2.24. The average molecular weight is 509 g/mol. The summed E-state index contributed by atoms with van der Waals surface area (Å²) in [4.78, 5) is 0. The van der Waals surface area contributed by atoms with Crippen LogP contribution in [0.15, 0.2) is 24.3 Å². The topological polar surface area (TPSA) is 212 Å². The van der Waals surface area contributed by atoms with Crippen molar-refractivity contribution in [2.45, 2.75) is 25.2 Å². The lowest BCUT2D eigenvalue weighted by molar-refractivity contribution is 0.0685. The van der Waals surface area contributed by atoms with Crippen LogP contribution < -0.4 is 62.8 Å². The first kappa shape index (κ1) is 22.7. The number of rotatable bonds is 2. The number of ether oxygens (including phenoxy) is 6. The predicted molar refractivity (Wildman–Crippen MR) is 139 cm³/mol. The van der Waals surface area contributed by atoms with Gasteiger partial charge in [0.25, 0.3) is 0 Å². The molecule has 6 rings (SSSR count). The number of hydrogen-bond donors (Lipinski definition) is 6. The first-order valence-electron chi connectivity index (χ1n) is 11.7. The third-order valence-electron chi connectivity index (χ3n) is 6.69. The molecule has 0 saturated carbocycles. The van der Waals surface area contributed by atoms with Gasteiger partial charge in [0.15, 0.2) is 40.6 Å². The molecule has 3 atom stereocenters. The maximum atomic E-state index is 6.56. The maximum Gasteiger partial charge on any atom is 0.239 e. The van der Waals surface area contributed by atoms with Gasteiger partial charge in [-0.3, -0.25) is 0 Å². The molecular formula is C25H28N6O6. The van der Waals surface area contributed by atoms with E-state index in [1.807, 2.05) is 0 Å². The molecule has 12 N–H and O–H groups in total. The van der Waals surface area contributed by atoms with Gasteiger partial charge in [0.2, 0.25) is 6.29 Å². The third-order valence-corrected chi connectivity index (χ3v) is 6.69. The Bertz CT molecular complexity index is 1430. The number of nitrogens with two attached hydrogens (primary N) is 6. The van der Waals surface area contributed by atoms with E-state index in [0.717, 1.165) is 0 Å². The minimum atomic E-state index is -0.599. The second-order valence-corrected chi connectivity index (χ2v) is 9.20. The van der Waals surface area contributed by atoms with Gasteiger partial charge in [-0.25, -0.2) is 0 Å². The van der Waals surface area contributed by atoms with Crippen molar-refractivity contribution in [3.05, 3.63) is 35.4 Å². The molecule has 0 spiro atoms. The second kappa shape index (κ2) is 8.15. The van der Waals surface area contributed by atoms with Crippen LogP contribution >= 0.6 is 0 Å². The van der Waals surface area contributed by atoms with Crippen LogP contribution in [-0.4, -0.2) is 26.1 Å². The van der Waals surface area contributed by atoms with E-state index in [0.29, 0.717) is 79.7 Å². The molecule has 0 amide bonds. The summed E-state index contributed by atoms with van der Waals surface area (Å²) in [7, 11) is 0. The van der Waals surface area contributed by atoms with Crippen LogP contribution in [0.5, 0.6) is 34.5 Å². The standard InChI is InChI=1S/C25H28N6O6/c1-9-35-23-16(29)4-11(18(30)25(23)36-9)10-6-32-21-15(28)5-12(19(31)24(21)33-7-10)17-8-34-20-13(26)2-3-14(27)22(20)37-17/h2-5,9-10,17H,6-8,26-31H2,1H3. The number of nitrogen functional groups attached to an aromatic ring is 6. The zero-order valence-corrected chi connectivity index (χ0v) is 20.1. The molecule has 0 aliphatic carbocycles. The third kappa shape index (κ3) is 3.51. The highest BCUT2D eigenvalue weighted by Crippen LogP contribution is 2.51. The molecule has 3 heterocycles. The van der Waals surface area contributed by atoms with E-state index in [1.165, 1.54) is 0 Å². The SMILES string of the molecule is CC1Oc2c(N)cc(C3COc4c(N)cc(C5COc6c(N)ccc(N)c6O5)c(N)c4OC3)c(N)c2O1. The lowest BCUT2D eigenvalue weighted by Gasteiger charge is -2.30. The van der Waals surface area contributed by atoms with Gasteiger partial charge in [-0.05, 0) is 29.8 Å². The normalized spacial score (nSPS) is 21.4. The van der Waals surface area contributed by atoms with Gasteiger partial charge in [0.05, 0.1) is 53.3 Å². The molecule has 3 aromatic carbocycles. The van der Waals surface area contributed by atoms with Crippen LogP contribution in [0.25, 0.3) is 0 Å². The van der Waals surface area contributed by atoms with Crippen LogP contribution in [0, 0.1) is 0 Å². The van der Waals surface area contributed by atoms with Crippen molar-refractivity contribution in [3.8, 4) is 34.5 Å². The van der Waals surface area contributed by atoms with Crippen LogP contribution in [0.3, 0.4) is 0 Å². The Hall–Kier alpha value is -4.74. The van der Waals surface area contributed by atoms with Gasteiger partial charge in [-0.2, -0.15) is 0 Å². The molecule has 3 unspecified atom stereocenters. The molecule has 0 aromatic heterocycles. The van der Waals surface area contributed by atoms with Crippen LogP contribution in [0.4, 0.5) is 34.1 Å². The van der Waals surface area contributed by atoms with E-state index >= 15 is 0 Å². The summed E-state index contributed by atoms with van der Waals surface area (Å²) in [5.74, 6) is 1.97. The monoisotopic (exact) mass is 508 g/mol. The summed E-state index contributed by atoms with van der Waals surface area (Å²) in [5.41, 5.74) is 41.3. The maximum absolute atomic E-state index is 6.56. The van der Waals surface area contributed by atoms with E-state index in [1.54, 1.807) is 31.2 Å². The smallest absolute Gasteiger partial charge is 0.239 e. The zero-order chi connectivity index (χ0) is 26.0. The van der Waals surface area contributed by atoms with E-state index in [2.05, 4.69) is 0 Å². The zero-order valence-electron chi connectivity index (χ0n) is 20.1. The summed E-state index contributed by atoms with van der Waals surface area (Å²) in [6.07, 6.45) is -1.08. The van der Waals surface area contributed by atoms with Crippen LogP contribution in [-0.2, 0) is 0 Å². The summed E-state index contributed by atoms with van der Waals surface area (Å²) >= 11 is 0. The van der Waals surface area contributed by atoms with Crippen molar-refractivity contribution in [3.63, 3.8) is 0 Å². The molecular weight excluding hydrogens is 480 g/mol.